The molecule has 1 heterocycles. The number of carbonyl (C=O) groups excluding carboxylic acids is 3. The Morgan fingerprint density at radius 1 is 1.03 bits per heavy atom. The van der Waals surface area contributed by atoms with Gasteiger partial charge in [-0.1, -0.05) is 35.3 Å². The zero-order valence-electron chi connectivity index (χ0n) is 16.0. The average molecular weight is 450 g/mol. The molecule has 3 amide bonds. The van der Waals surface area contributed by atoms with E-state index in [1.54, 1.807) is 23.1 Å². The summed E-state index contributed by atoms with van der Waals surface area (Å²) in [6.45, 7) is 0.689. The number of phenolic OH excluding ortho intramolecular Hbond substituents is 1. The standard InChI is InChI=1S/C21H21Cl2N3O4/c22-15-6-5-14(11-16(15)23)20(29)24-12-19(28)26-9-7-13(8-10-26)21(30)25-17-3-1-2-4-18(17)27/h1-6,11,13,27H,7-10,12H2,(H,24,29)(H,25,30). The molecular formula is C21H21Cl2N3O4. The van der Waals surface area contributed by atoms with Gasteiger partial charge in [-0.2, -0.15) is 0 Å². The molecule has 3 N–H and O–H groups in total. The Labute approximate surface area is 184 Å². The molecule has 1 aliphatic heterocycles. The van der Waals surface area contributed by atoms with Gasteiger partial charge in [0, 0.05) is 24.6 Å². The molecule has 3 rings (SSSR count). The number of halogens is 2. The lowest BCUT2D eigenvalue weighted by Gasteiger charge is -2.31. The number of amides is 3. The van der Waals surface area contributed by atoms with Crippen LogP contribution >= 0.6 is 23.2 Å². The van der Waals surface area contributed by atoms with Crippen molar-refractivity contribution in [3.8, 4) is 5.75 Å². The van der Waals surface area contributed by atoms with E-state index in [0.29, 0.717) is 42.2 Å². The Balaban J connectivity index is 1.45. The molecule has 2 aromatic rings. The molecule has 9 heteroatoms. The summed E-state index contributed by atoms with van der Waals surface area (Å²) in [5.74, 6) is -1.06. The minimum absolute atomic E-state index is 0.0104. The number of benzene rings is 2. The van der Waals surface area contributed by atoms with Crippen LogP contribution in [0.5, 0.6) is 5.75 Å². The molecule has 1 fully saturated rings. The van der Waals surface area contributed by atoms with Gasteiger partial charge in [-0.25, -0.2) is 0 Å². The van der Waals surface area contributed by atoms with Crippen LogP contribution in [0.1, 0.15) is 23.2 Å². The van der Waals surface area contributed by atoms with Gasteiger partial charge in [0.05, 0.1) is 22.3 Å². The first-order valence-corrected chi connectivity index (χ1v) is 10.2. The first-order valence-electron chi connectivity index (χ1n) is 9.45. The van der Waals surface area contributed by atoms with Crippen molar-refractivity contribution in [1.29, 1.82) is 0 Å². The number of hydrogen-bond acceptors (Lipinski definition) is 4. The van der Waals surface area contributed by atoms with Crippen LogP contribution in [0.3, 0.4) is 0 Å². The zero-order chi connectivity index (χ0) is 21.7. The Morgan fingerprint density at radius 3 is 2.40 bits per heavy atom. The summed E-state index contributed by atoms with van der Waals surface area (Å²) in [7, 11) is 0. The van der Waals surface area contributed by atoms with Crippen LogP contribution < -0.4 is 10.6 Å². The van der Waals surface area contributed by atoms with Crippen molar-refractivity contribution < 1.29 is 19.5 Å². The van der Waals surface area contributed by atoms with E-state index in [1.165, 1.54) is 24.3 Å². The molecule has 0 saturated carbocycles. The molecule has 0 aliphatic carbocycles. The summed E-state index contributed by atoms with van der Waals surface area (Å²) in [5.41, 5.74) is 0.683. The maximum Gasteiger partial charge on any atom is 0.251 e. The first-order chi connectivity index (χ1) is 14.3. The van der Waals surface area contributed by atoms with Crippen LogP contribution in [0, 0.1) is 5.92 Å². The summed E-state index contributed by atoms with van der Waals surface area (Å²) in [6, 6.07) is 11.0. The van der Waals surface area contributed by atoms with Crippen molar-refractivity contribution in [1.82, 2.24) is 10.2 Å². The molecular weight excluding hydrogens is 429 g/mol. The number of piperidine rings is 1. The Kier molecular flexibility index (Phi) is 7.18. The molecule has 0 atom stereocenters. The molecule has 7 nitrogen and oxygen atoms in total. The number of phenols is 1. The fraction of sp³-hybridized carbons (Fsp3) is 0.286. The number of aromatic hydroxyl groups is 1. The number of anilines is 1. The predicted octanol–water partition coefficient (Wildman–Crippen LogP) is 3.31. The van der Waals surface area contributed by atoms with Crippen LogP contribution in [-0.4, -0.2) is 47.4 Å². The second-order valence-corrected chi connectivity index (χ2v) is 7.79. The molecule has 0 unspecified atom stereocenters. The number of hydrogen-bond donors (Lipinski definition) is 3. The maximum absolute atomic E-state index is 12.4. The molecule has 1 aliphatic rings. The fourth-order valence-electron chi connectivity index (χ4n) is 3.21. The Bertz CT molecular complexity index is 959. The zero-order valence-corrected chi connectivity index (χ0v) is 17.5. The minimum Gasteiger partial charge on any atom is -0.506 e. The van der Waals surface area contributed by atoms with Crippen molar-refractivity contribution in [2.75, 3.05) is 25.0 Å². The van der Waals surface area contributed by atoms with Crippen molar-refractivity contribution in [3.05, 3.63) is 58.1 Å². The van der Waals surface area contributed by atoms with E-state index in [0.717, 1.165) is 0 Å². The average Bonchev–Trinajstić information content (AvgIpc) is 2.75. The lowest BCUT2D eigenvalue weighted by atomic mass is 9.95. The molecule has 1 saturated heterocycles. The monoisotopic (exact) mass is 449 g/mol. The largest absolute Gasteiger partial charge is 0.506 e. The quantitative estimate of drug-likeness (QED) is 0.609. The van der Waals surface area contributed by atoms with Crippen LogP contribution in [0.15, 0.2) is 42.5 Å². The molecule has 158 valence electrons. The van der Waals surface area contributed by atoms with Gasteiger partial charge in [-0.15, -0.1) is 0 Å². The highest BCUT2D eigenvalue weighted by Gasteiger charge is 2.27. The van der Waals surface area contributed by atoms with E-state index in [1.807, 2.05) is 0 Å². The van der Waals surface area contributed by atoms with E-state index >= 15 is 0 Å². The van der Waals surface area contributed by atoms with Crippen molar-refractivity contribution in [2.45, 2.75) is 12.8 Å². The summed E-state index contributed by atoms with van der Waals surface area (Å²) in [4.78, 5) is 38.6. The van der Waals surface area contributed by atoms with Crippen LogP contribution in [-0.2, 0) is 9.59 Å². The van der Waals surface area contributed by atoms with Gasteiger partial charge in [-0.05, 0) is 43.2 Å². The highest BCUT2D eigenvalue weighted by atomic mass is 35.5. The summed E-state index contributed by atoms with van der Waals surface area (Å²) < 4.78 is 0. The van der Waals surface area contributed by atoms with Crippen LogP contribution in [0.4, 0.5) is 5.69 Å². The number of likely N-dealkylation sites (tertiary alicyclic amines) is 1. The van der Waals surface area contributed by atoms with Gasteiger partial charge in [0.25, 0.3) is 5.91 Å². The molecule has 30 heavy (non-hydrogen) atoms. The van der Waals surface area contributed by atoms with Crippen molar-refractivity contribution in [3.63, 3.8) is 0 Å². The van der Waals surface area contributed by atoms with Crippen LogP contribution in [0.25, 0.3) is 0 Å². The number of nitrogens with zero attached hydrogens (tertiary/aromatic N) is 1. The third kappa shape index (κ3) is 5.43. The predicted molar refractivity (Wildman–Crippen MR) is 115 cm³/mol. The Hall–Kier alpha value is -2.77. The van der Waals surface area contributed by atoms with Gasteiger partial charge >= 0.3 is 0 Å². The first kappa shape index (κ1) is 21.9. The normalized spacial score (nSPS) is 14.3. The SMILES string of the molecule is O=C(NCC(=O)N1CCC(C(=O)Nc2ccccc2O)CC1)c1ccc(Cl)c(Cl)c1. The Morgan fingerprint density at radius 2 is 1.73 bits per heavy atom. The molecule has 0 spiro atoms. The van der Waals surface area contributed by atoms with Gasteiger partial charge in [0.2, 0.25) is 11.8 Å². The third-order valence-corrected chi connectivity index (χ3v) is 5.70. The molecule has 0 bridgehead atoms. The van der Waals surface area contributed by atoms with Crippen LogP contribution in [0.2, 0.25) is 10.0 Å². The van der Waals surface area contributed by atoms with E-state index in [-0.39, 0.29) is 35.0 Å². The summed E-state index contributed by atoms with van der Waals surface area (Å²) in [5, 5.41) is 15.7. The molecule has 0 radical (unpaired) electrons. The van der Waals surface area contributed by atoms with E-state index < -0.39 is 5.91 Å². The van der Waals surface area contributed by atoms with Gasteiger partial charge < -0.3 is 20.6 Å². The lowest BCUT2D eigenvalue weighted by molar-refractivity contribution is -0.133. The molecule has 2 aromatic carbocycles. The highest BCUT2D eigenvalue weighted by molar-refractivity contribution is 6.42. The lowest BCUT2D eigenvalue weighted by Crippen LogP contribution is -2.45. The summed E-state index contributed by atoms with van der Waals surface area (Å²) in [6.07, 6.45) is 1.01. The third-order valence-electron chi connectivity index (χ3n) is 4.96. The number of rotatable bonds is 5. The van der Waals surface area contributed by atoms with Gasteiger partial charge in [-0.3, -0.25) is 14.4 Å². The van der Waals surface area contributed by atoms with E-state index in [9.17, 15) is 19.5 Å². The molecule has 0 aromatic heterocycles. The van der Waals surface area contributed by atoms with Gasteiger partial charge in [0.15, 0.2) is 0 Å². The van der Waals surface area contributed by atoms with Gasteiger partial charge in [0.1, 0.15) is 5.75 Å². The number of nitrogens with one attached hydrogen (secondary N) is 2. The number of carbonyl (C=O) groups is 3. The smallest absolute Gasteiger partial charge is 0.251 e. The topological polar surface area (TPSA) is 98.7 Å². The van der Waals surface area contributed by atoms with E-state index in [4.69, 9.17) is 23.2 Å². The maximum atomic E-state index is 12.4. The minimum atomic E-state index is -0.418. The second-order valence-electron chi connectivity index (χ2n) is 6.97. The fourth-order valence-corrected chi connectivity index (χ4v) is 3.51. The highest BCUT2D eigenvalue weighted by Crippen LogP contribution is 2.25. The summed E-state index contributed by atoms with van der Waals surface area (Å²) >= 11 is 11.7. The second kappa shape index (κ2) is 9.82. The van der Waals surface area contributed by atoms with E-state index in [2.05, 4.69) is 10.6 Å². The van der Waals surface area contributed by atoms with Crippen molar-refractivity contribution in [2.24, 2.45) is 5.92 Å². The number of para-hydroxylation sites is 2. The van der Waals surface area contributed by atoms with Crippen molar-refractivity contribution >= 4 is 46.6 Å².